The van der Waals surface area contributed by atoms with Crippen LogP contribution in [0.4, 0.5) is 14.9 Å². The highest BCUT2D eigenvalue weighted by atomic mass is 32.1. The Balaban J connectivity index is 1.60. The Morgan fingerprint density at radius 3 is 2.47 bits per heavy atom. The zero-order chi connectivity index (χ0) is 21.5. The molecule has 2 amide bonds. The number of aliphatic hydroxyl groups is 2. The van der Waals surface area contributed by atoms with E-state index in [2.05, 4.69) is 16.4 Å². The highest BCUT2D eigenvalue weighted by Crippen LogP contribution is 2.41. The number of nitrogens with zero attached hydrogens (tertiary/aromatic N) is 2. The van der Waals surface area contributed by atoms with Crippen LogP contribution >= 0.6 is 11.3 Å². The molecule has 1 atom stereocenters. The average molecular weight is 428 g/mol. The first-order chi connectivity index (χ1) is 14.4. The van der Waals surface area contributed by atoms with Gasteiger partial charge in [0.2, 0.25) is 0 Å². The number of thiophene rings is 1. The number of anilines is 1. The van der Waals surface area contributed by atoms with Crippen molar-refractivity contribution >= 4 is 29.3 Å². The number of fused-ring (bicyclic) bond motifs is 2. The Kier molecular flexibility index (Phi) is 5.45. The van der Waals surface area contributed by atoms with Crippen molar-refractivity contribution in [3.8, 4) is 6.07 Å². The van der Waals surface area contributed by atoms with Crippen molar-refractivity contribution in [3.05, 3.63) is 49.5 Å². The molecule has 0 saturated carbocycles. The molecule has 2 aromatic rings. The number of aliphatic hydroxyl groups excluding tert-OH is 1. The maximum absolute atomic E-state index is 14.2. The molecule has 0 bridgehead atoms. The van der Waals surface area contributed by atoms with Gasteiger partial charge in [-0.15, -0.1) is 11.3 Å². The minimum absolute atomic E-state index is 0.101. The number of urea groups is 1. The molecule has 1 heterocycles. The molecular weight excluding hydrogens is 405 g/mol. The van der Waals surface area contributed by atoms with Crippen molar-refractivity contribution in [3.63, 3.8) is 0 Å². The summed E-state index contributed by atoms with van der Waals surface area (Å²) in [7, 11) is 0. The molecular formula is C22H22FN3O3S. The molecule has 156 valence electrons. The second-order valence-electron chi connectivity index (χ2n) is 7.93. The van der Waals surface area contributed by atoms with Gasteiger partial charge in [0.05, 0.1) is 29.3 Å². The van der Waals surface area contributed by atoms with Crippen LogP contribution in [0.2, 0.25) is 0 Å². The van der Waals surface area contributed by atoms with Crippen molar-refractivity contribution in [2.45, 2.75) is 51.0 Å². The van der Waals surface area contributed by atoms with Crippen molar-refractivity contribution in [2.24, 2.45) is 4.99 Å². The number of carbonyl (C=O) groups excluding carboxylic acids is 1. The molecule has 0 saturated heterocycles. The highest BCUT2D eigenvalue weighted by Gasteiger charge is 2.29. The molecule has 4 rings (SSSR count). The van der Waals surface area contributed by atoms with Gasteiger partial charge < -0.3 is 15.5 Å². The van der Waals surface area contributed by atoms with Crippen LogP contribution in [0, 0.1) is 17.1 Å². The van der Waals surface area contributed by atoms with Crippen LogP contribution in [0.1, 0.15) is 57.3 Å². The molecule has 1 aromatic carbocycles. The smallest absolute Gasteiger partial charge is 0.345 e. The van der Waals surface area contributed by atoms with Gasteiger partial charge in [0.25, 0.3) is 0 Å². The van der Waals surface area contributed by atoms with Gasteiger partial charge in [-0.25, -0.2) is 14.2 Å². The summed E-state index contributed by atoms with van der Waals surface area (Å²) in [6, 6.07) is 2.89. The molecule has 0 radical (unpaired) electrons. The summed E-state index contributed by atoms with van der Waals surface area (Å²) in [5, 5.41) is 31.8. The van der Waals surface area contributed by atoms with E-state index in [-0.39, 0.29) is 9.75 Å². The number of aliphatic imine (C=N–C) groups is 1. The molecule has 0 fully saturated rings. The number of nitrogens with one attached hydrogen (secondary N) is 1. The summed E-state index contributed by atoms with van der Waals surface area (Å²) in [5.41, 5.74) is 4.13. The van der Waals surface area contributed by atoms with E-state index in [1.165, 1.54) is 6.92 Å². The van der Waals surface area contributed by atoms with Crippen LogP contribution in [-0.2, 0) is 31.3 Å². The van der Waals surface area contributed by atoms with Gasteiger partial charge in [0, 0.05) is 10.6 Å². The fraction of sp³-hybridized carbons (Fsp3) is 0.409. The van der Waals surface area contributed by atoms with Crippen molar-refractivity contribution < 1.29 is 19.4 Å². The summed E-state index contributed by atoms with van der Waals surface area (Å²) in [6.07, 6.45) is 6.35. The minimum atomic E-state index is -1.55. The van der Waals surface area contributed by atoms with Crippen LogP contribution in [-0.4, -0.2) is 29.1 Å². The standard InChI is InChI=1S/C22H22FN3O3S/c1-22(29,11-27)19-8-17(23)18(30-19)10-25-21(28)26-20-14-6-2-4-12(14)16(9-24)13-5-3-7-15(13)20/h8,10,27,29H,2-7,11H2,1H3,(H,26,28)/b25-10+/t22-/m1/s1. The molecule has 30 heavy (non-hydrogen) atoms. The Morgan fingerprint density at radius 1 is 1.30 bits per heavy atom. The molecule has 2 aliphatic rings. The van der Waals surface area contributed by atoms with Gasteiger partial charge in [-0.2, -0.15) is 5.26 Å². The average Bonchev–Trinajstić information content (AvgIpc) is 3.46. The minimum Gasteiger partial charge on any atom is -0.393 e. The first-order valence-corrected chi connectivity index (χ1v) is 10.7. The van der Waals surface area contributed by atoms with Crippen molar-refractivity contribution in [1.29, 1.82) is 5.26 Å². The van der Waals surface area contributed by atoms with Crippen molar-refractivity contribution in [2.75, 3.05) is 11.9 Å². The van der Waals surface area contributed by atoms with E-state index in [9.17, 15) is 24.7 Å². The van der Waals surface area contributed by atoms with Gasteiger partial charge in [0.1, 0.15) is 11.4 Å². The van der Waals surface area contributed by atoms with E-state index in [0.717, 1.165) is 95.6 Å². The molecule has 2 aliphatic carbocycles. The predicted octanol–water partition coefficient (Wildman–Crippen LogP) is 3.59. The lowest BCUT2D eigenvalue weighted by Gasteiger charge is -2.17. The van der Waals surface area contributed by atoms with Gasteiger partial charge >= 0.3 is 6.03 Å². The number of hydrogen-bond donors (Lipinski definition) is 3. The van der Waals surface area contributed by atoms with Gasteiger partial charge in [-0.1, -0.05) is 0 Å². The summed E-state index contributed by atoms with van der Waals surface area (Å²) in [6.45, 7) is 0.844. The van der Waals surface area contributed by atoms with Gasteiger partial charge in [-0.3, -0.25) is 0 Å². The van der Waals surface area contributed by atoms with Crippen LogP contribution < -0.4 is 5.32 Å². The van der Waals surface area contributed by atoms with Crippen molar-refractivity contribution in [1.82, 2.24) is 0 Å². The van der Waals surface area contributed by atoms with E-state index < -0.39 is 24.1 Å². The molecule has 3 N–H and O–H groups in total. The molecule has 0 unspecified atom stereocenters. The zero-order valence-electron chi connectivity index (χ0n) is 16.6. The third-order valence-electron chi connectivity index (χ3n) is 5.84. The fourth-order valence-corrected chi connectivity index (χ4v) is 5.26. The monoisotopic (exact) mass is 427 g/mol. The summed E-state index contributed by atoms with van der Waals surface area (Å²) >= 11 is 0.934. The lowest BCUT2D eigenvalue weighted by Crippen LogP contribution is -2.24. The summed E-state index contributed by atoms with van der Waals surface area (Å²) in [4.78, 5) is 16.7. The molecule has 8 heteroatoms. The summed E-state index contributed by atoms with van der Waals surface area (Å²) < 4.78 is 14.2. The van der Waals surface area contributed by atoms with E-state index in [1.54, 1.807) is 0 Å². The maximum Gasteiger partial charge on any atom is 0.345 e. The number of halogens is 1. The van der Waals surface area contributed by atoms with Gasteiger partial charge in [-0.05, 0) is 73.8 Å². The third-order valence-corrected chi connectivity index (χ3v) is 7.14. The Morgan fingerprint density at radius 2 is 1.90 bits per heavy atom. The topological polar surface area (TPSA) is 106 Å². The van der Waals surface area contributed by atoms with E-state index >= 15 is 0 Å². The van der Waals surface area contributed by atoms with Crippen LogP contribution in [0.5, 0.6) is 0 Å². The lowest BCUT2D eigenvalue weighted by atomic mass is 9.93. The number of benzene rings is 1. The SMILES string of the molecule is C[C@@](O)(CO)c1cc(F)c(/C=N/C(=O)Nc2c3c(c(C#N)c4c2CCC4)CCC3)s1. The number of hydrogen-bond acceptors (Lipinski definition) is 5. The normalized spacial score (nSPS) is 16.9. The Hall–Kier alpha value is -2.60. The molecule has 1 aromatic heterocycles. The largest absolute Gasteiger partial charge is 0.393 e. The van der Waals surface area contributed by atoms with E-state index in [4.69, 9.17) is 0 Å². The fourth-order valence-electron chi connectivity index (χ4n) is 4.31. The Bertz CT molecular complexity index is 1060. The van der Waals surface area contributed by atoms with E-state index in [1.807, 2.05) is 0 Å². The summed E-state index contributed by atoms with van der Waals surface area (Å²) in [5.74, 6) is -0.611. The number of rotatable bonds is 4. The highest BCUT2D eigenvalue weighted by molar-refractivity contribution is 7.13. The molecule has 6 nitrogen and oxygen atoms in total. The van der Waals surface area contributed by atoms with Crippen LogP contribution in [0.3, 0.4) is 0 Å². The number of carbonyl (C=O) groups is 1. The molecule has 0 aliphatic heterocycles. The van der Waals surface area contributed by atoms with Crippen LogP contribution in [0.15, 0.2) is 11.1 Å². The number of amides is 2. The van der Waals surface area contributed by atoms with Crippen LogP contribution in [0.25, 0.3) is 0 Å². The number of nitriles is 1. The zero-order valence-corrected chi connectivity index (χ0v) is 17.4. The first-order valence-electron chi connectivity index (χ1n) is 9.93. The Labute approximate surface area is 177 Å². The van der Waals surface area contributed by atoms with Gasteiger partial charge in [0.15, 0.2) is 0 Å². The first kappa shape index (κ1) is 20.7. The second kappa shape index (κ2) is 7.91. The maximum atomic E-state index is 14.2. The molecule has 0 spiro atoms. The third kappa shape index (κ3) is 3.54. The quantitative estimate of drug-likeness (QED) is 0.649. The lowest BCUT2D eigenvalue weighted by molar-refractivity contribution is 0.000656. The van der Waals surface area contributed by atoms with E-state index in [0.29, 0.717) is 0 Å². The predicted molar refractivity (Wildman–Crippen MR) is 113 cm³/mol. The second-order valence-corrected chi connectivity index (χ2v) is 9.01.